The first-order valence-corrected chi connectivity index (χ1v) is 14.0. The first-order valence-electron chi connectivity index (χ1n) is 12.4. The number of hydrogen-bond donors (Lipinski definition) is 0. The summed E-state index contributed by atoms with van der Waals surface area (Å²) in [6.07, 6.45) is 1.62. The number of benzene rings is 4. The Labute approximate surface area is 243 Å². The molecule has 0 atom stereocenters. The fourth-order valence-electron chi connectivity index (χ4n) is 4.06. The quantitative estimate of drug-likeness (QED) is 0.162. The second-order valence-corrected chi connectivity index (χ2v) is 10.4. The van der Waals surface area contributed by atoms with Crippen LogP contribution < -0.4 is 15.0 Å². The summed E-state index contributed by atoms with van der Waals surface area (Å²) in [7, 11) is 0. The summed E-state index contributed by atoms with van der Waals surface area (Å²) in [6.45, 7) is 4.81. The number of halogens is 2. The maximum Gasteiger partial charge on any atom is 0.282 e. The van der Waals surface area contributed by atoms with Gasteiger partial charge in [-0.2, -0.15) is 9.78 Å². The normalized spacial score (nSPS) is 11.3. The van der Waals surface area contributed by atoms with Gasteiger partial charge in [0.15, 0.2) is 17.3 Å². The Bertz CT molecular complexity index is 1720. The Morgan fingerprint density at radius 3 is 2.38 bits per heavy atom. The highest BCUT2D eigenvalue weighted by molar-refractivity contribution is 9.13. The van der Waals surface area contributed by atoms with Gasteiger partial charge in [-0.05, 0) is 69.5 Å². The lowest BCUT2D eigenvalue weighted by Gasteiger charge is -2.16. The Hall–Kier alpha value is -3.75. The van der Waals surface area contributed by atoms with Crippen molar-refractivity contribution in [1.82, 2.24) is 9.66 Å². The molecule has 5 aromatic rings. The Balaban J connectivity index is 1.56. The molecule has 0 saturated carbocycles. The largest absolute Gasteiger partial charge is 0.490 e. The third-order valence-electron chi connectivity index (χ3n) is 6.06. The van der Waals surface area contributed by atoms with E-state index in [1.807, 2.05) is 73.7 Å². The molecule has 39 heavy (non-hydrogen) atoms. The molecule has 8 heteroatoms. The van der Waals surface area contributed by atoms with Crippen LogP contribution in [0.2, 0.25) is 0 Å². The fourth-order valence-corrected chi connectivity index (χ4v) is 5.00. The third kappa shape index (κ3) is 5.82. The van der Waals surface area contributed by atoms with Crippen LogP contribution in [0, 0.1) is 6.92 Å². The van der Waals surface area contributed by atoms with E-state index in [0.717, 1.165) is 15.6 Å². The summed E-state index contributed by atoms with van der Waals surface area (Å²) < 4.78 is 14.8. The zero-order chi connectivity index (χ0) is 27.4. The van der Waals surface area contributed by atoms with Crippen molar-refractivity contribution >= 4 is 49.0 Å². The van der Waals surface area contributed by atoms with E-state index in [1.165, 1.54) is 10.2 Å². The maximum atomic E-state index is 13.5. The van der Waals surface area contributed by atoms with E-state index in [9.17, 15) is 4.79 Å². The molecule has 0 bridgehead atoms. The van der Waals surface area contributed by atoms with Gasteiger partial charge >= 0.3 is 0 Å². The van der Waals surface area contributed by atoms with E-state index in [0.29, 0.717) is 51.5 Å². The number of ether oxygens (including phenoxy) is 2. The fraction of sp³-hybridized carbons (Fsp3) is 0.129. The lowest BCUT2D eigenvalue weighted by atomic mass is 10.1. The molecule has 0 amide bonds. The molecule has 0 aliphatic rings. The first-order chi connectivity index (χ1) is 19.0. The molecule has 0 N–H and O–H groups in total. The van der Waals surface area contributed by atoms with E-state index in [1.54, 1.807) is 12.3 Å². The molecule has 0 radical (unpaired) electrons. The van der Waals surface area contributed by atoms with Gasteiger partial charge in [0.2, 0.25) is 0 Å². The number of aromatic nitrogens is 2. The summed E-state index contributed by atoms with van der Waals surface area (Å²) in [4.78, 5) is 18.3. The number of para-hydroxylation sites is 1. The van der Waals surface area contributed by atoms with Gasteiger partial charge in [0.25, 0.3) is 5.56 Å². The van der Waals surface area contributed by atoms with E-state index in [4.69, 9.17) is 14.5 Å². The van der Waals surface area contributed by atoms with Crippen molar-refractivity contribution in [2.45, 2.75) is 20.5 Å². The van der Waals surface area contributed by atoms with Crippen molar-refractivity contribution in [3.05, 3.63) is 121 Å². The van der Waals surface area contributed by atoms with Crippen LogP contribution in [-0.4, -0.2) is 22.5 Å². The Kier molecular flexibility index (Phi) is 8.24. The molecule has 1 aromatic heterocycles. The standard InChI is InChI=1S/C31H25Br2N3O3/c1-3-38-26-17-23(27(32)28(33)29(26)39-19-21-15-13-20(2)14-16-21)18-34-36-30(22-9-5-4-6-10-22)35-25-12-8-7-11-24(25)31(36)37/h4-18H,3,19H2,1-2H3. The number of aryl methyl sites for hydroxylation is 1. The minimum Gasteiger partial charge on any atom is -0.490 e. The SMILES string of the molecule is CCOc1cc(C=Nn2c(-c3ccccc3)nc3ccccc3c2=O)c(Br)c(Br)c1OCc1ccc(C)cc1. The number of hydrogen-bond acceptors (Lipinski definition) is 5. The van der Waals surface area contributed by atoms with Crippen molar-refractivity contribution in [1.29, 1.82) is 0 Å². The van der Waals surface area contributed by atoms with Crippen molar-refractivity contribution in [3.8, 4) is 22.9 Å². The second-order valence-electron chi connectivity index (χ2n) is 8.81. The van der Waals surface area contributed by atoms with Gasteiger partial charge < -0.3 is 9.47 Å². The summed E-state index contributed by atoms with van der Waals surface area (Å²) in [5, 5.41) is 5.10. The highest BCUT2D eigenvalue weighted by atomic mass is 79.9. The van der Waals surface area contributed by atoms with Gasteiger partial charge in [-0.3, -0.25) is 4.79 Å². The molecule has 0 aliphatic carbocycles. The molecule has 1 heterocycles. The van der Waals surface area contributed by atoms with Crippen molar-refractivity contribution in [2.24, 2.45) is 5.10 Å². The highest BCUT2D eigenvalue weighted by Gasteiger charge is 2.18. The Morgan fingerprint density at radius 2 is 1.64 bits per heavy atom. The molecule has 0 fully saturated rings. The highest BCUT2D eigenvalue weighted by Crippen LogP contribution is 2.43. The lowest BCUT2D eigenvalue weighted by Crippen LogP contribution is -2.20. The number of nitrogens with zero attached hydrogens (tertiary/aromatic N) is 3. The van der Waals surface area contributed by atoms with Crippen LogP contribution in [0.4, 0.5) is 0 Å². The second kappa shape index (κ2) is 12.0. The van der Waals surface area contributed by atoms with Crippen molar-refractivity contribution < 1.29 is 9.47 Å². The number of fused-ring (bicyclic) bond motifs is 1. The Morgan fingerprint density at radius 1 is 0.923 bits per heavy atom. The number of rotatable bonds is 8. The van der Waals surface area contributed by atoms with Gasteiger partial charge in [-0.15, -0.1) is 0 Å². The molecule has 196 valence electrons. The maximum absolute atomic E-state index is 13.5. The molecule has 0 aliphatic heterocycles. The average Bonchev–Trinajstić information content (AvgIpc) is 2.96. The van der Waals surface area contributed by atoms with Crippen molar-refractivity contribution in [2.75, 3.05) is 6.61 Å². The summed E-state index contributed by atoms with van der Waals surface area (Å²) in [5.74, 6) is 1.60. The minimum atomic E-state index is -0.256. The molecule has 0 saturated heterocycles. The molecular weight excluding hydrogens is 622 g/mol. The topological polar surface area (TPSA) is 65.7 Å². The third-order valence-corrected chi connectivity index (χ3v) is 8.20. The zero-order valence-electron chi connectivity index (χ0n) is 21.4. The molecule has 5 rings (SSSR count). The molecule has 0 spiro atoms. The van der Waals surface area contributed by atoms with E-state index < -0.39 is 0 Å². The summed E-state index contributed by atoms with van der Waals surface area (Å²) in [6, 6.07) is 26.8. The molecular formula is C31H25Br2N3O3. The summed E-state index contributed by atoms with van der Waals surface area (Å²) in [5.41, 5.74) is 4.09. The van der Waals surface area contributed by atoms with Gasteiger partial charge in [0, 0.05) is 15.6 Å². The lowest BCUT2D eigenvalue weighted by molar-refractivity contribution is 0.267. The molecule has 4 aromatic carbocycles. The predicted octanol–water partition coefficient (Wildman–Crippen LogP) is 7.76. The summed E-state index contributed by atoms with van der Waals surface area (Å²) >= 11 is 7.34. The molecule has 0 unspecified atom stereocenters. The van der Waals surface area contributed by atoms with Crippen LogP contribution in [0.15, 0.2) is 104 Å². The first kappa shape index (κ1) is 26.8. The zero-order valence-corrected chi connectivity index (χ0v) is 24.6. The predicted molar refractivity (Wildman–Crippen MR) is 163 cm³/mol. The van der Waals surface area contributed by atoms with Gasteiger partial charge in [-0.1, -0.05) is 72.3 Å². The van der Waals surface area contributed by atoms with Gasteiger partial charge in [-0.25, -0.2) is 4.98 Å². The smallest absolute Gasteiger partial charge is 0.282 e. The van der Waals surface area contributed by atoms with E-state index in [2.05, 4.69) is 56.0 Å². The van der Waals surface area contributed by atoms with Gasteiger partial charge in [0.1, 0.15) is 6.61 Å². The van der Waals surface area contributed by atoms with Crippen LogP contribution in [0.3, 0.4) is 0 Å². The van der Waals surface area contributed by atoms with Crippen LogP contribution in [-0.2, 0) is 6.61 Å². The molecule has 6 nitrogen and oxygen atoms in total. The average molecular weight is 647 g/mol. The van der Waals surface area contributed by atoms with E-state index >= 15 is 0 Å². The monoisotopic (exact) mass is 645 g/mol. The van der Waals surface area contributed by atoms with Crippen molar-refractivity contribution in [3.63, 3.8) is 0 Å². The van der Waals surface area contributed by atoms with Crippen LogP contribution >= 0.6 is 31.9 Å². The van der Waals surface area contributed by atoms with Gasteiger partial charge in [0.05, 0.1) is 28.2 Å². The van der Waals surface area contributed by atoms with E-state index in [-0.39, 0.29) is 5.56 Å². The van der Waals surface area contributed by atoms with Crippen LogP contribution in [0.25, 0.3) is 22.3 Å². The van der Waals surface area contributed by atoms with Crippen LogP contribution in [0.5, 0.6) is 11.5 Å². The van der Waals surface area contributed by atoms with Crippen LogP contribution in [0.1, 0.15) is 23.6 Å². The minimum absolute atomic E-state index is 0.256.